The number of carbonyl (C=O) groups is 1. The Kier molecular flexibility index (Phi) is 4.80. The number of likely N-dealkylation sites (tertiary alicyclic amines) is 1. The Labute approximate surface area is 104 Å². The van der Waals surface area contributed by atoms with Gasteiger partial charge in [-0.3, -0.25) is 4.79 Å². The van der Waals surface area contributed by atoms with Crippen LogP contribution in [0.5, 0.6) is 0 Å². The summed E-state index contributed by atoms with van der Waals surface area (Å²) in [7, 11) is 1.98. The molecule has 2 atom stereocenters. The molecule has 2 rings (SSSR count). The standard InChI is InChI=1S/C13H24N2O2/c1-14-11-5-4-7-15(10-11)13(16)9-12-6-2-3-8-17-12/h11-12,14H,2-10H2,1H3. The minimum absolute atomic E-state index is 0.172. The molecule has 2 aliphatic rings. The number of hydrogen-bond acceptors (Lipinski definition) is 3. The number of likely N-dealkylation sites (N-methyl/N-ethyl adjacent to an activating group) is 1. The summed E-state index contributed by atoms with van der Waals surface area (Å²) in [5.74, 6) is 0.275. The molecule has 1 N–H and O–H groups in total. The molecule has 4 nitrogen and oxygen atoms in total. The molecular weight excluding hydrogens is 216 g/mol. The topological polar surface area (TPSA) is 41.6 Å². The average Bonchev–Trinajstić information content (AvgIpc) is 2.40. The summed E-state index contributed by atoms with van der Waals surface area (Å²) in [5, 5.41) is 3.27. The van der Waals surface area contributed by atoms with Gasteiger partial charge in [0.2, 0.25) is 5.91 Å². The van der Waals surface area contributed by atoms with E-state index < -0.39 is 0 Å². The first-order chi connectivity index (χ1) is 8.29. The molecule has 1 amide bonds. The quantitative estimate of drug-likeness (QED) is 0.805. The predicted octanol–water partition coefficient (Wildman–Crippen LogP) is 1.16. The van der Waals surface area contributed by atoms with Gasteiger partial charge in [0.15, 0.2) is 0 Å². The number of ether oxygens (including phenoxy) is 1. The molecule has 0 saturated carbocycles. The fraction of sp³-hybridized carbons (Fsp3) is 0.923. The van der Waals surface area contributed by atoms with Crippen molar-refractivity contribution in [1.82, 2.24) is 10.2 Å². The van der Waals surface area contributed by atoms with Gasteiger partial charge in [0, 0.05) is 25.7 Å². The van der Waals surface area contributed by atoms with Crippen LogP contribution in [0, 0.1) is 0 Å². The van der Waals surface area contributed by atoms with Crippen molar-refractivity contribution in [3.05, 3.63) is 0 Å². The van der Waals surface area contributed by atoms with Crippen LogP contribution in [-0.4, -0.2) is 49.7 Å². The van der Waals surface area contributed by atoms with E-state index in [-0.39, 0.29) is 12.0 Å². The molecule has 0 spiro atoms. The highest BCUT2D eigenvalue weighted by molar-refractivity contribution is 5.76. The molecule has 98 valence electrons. The molecule has 4 heteroatoms. The number of piperidine rings is 1. The van der Waals surface area contributed by atoms with Crippen LogP contribution in [0.4, 0.5) is 0 Å². The molecule has 2 fully saturated rings. The Hall–Kier alpha value is -0.610. The SMILES string of the molecule is CNC1CCCN(C(=O)CC2CCCCO2)C1. The molecule has 0 aliphatic carbocycles. The fourth-order valence-corrected chi connectivity index (χ4v) is 2.73. The van der Waals surface area contributed by atoms with Crippen LogP contribution < -0.4 is 5.32 Å². The number of hydrogen-bond donors (Lipinski definition) is 1. The maximum atomic E-state index is 12.1. The first-order valence-electron chi connectivity index (χ1n) is 6.86. The summed E-state index contributed by atoms with van der Waals surface area (Å²) in [5.41, 5.74) is 0. The van der Waals surface area contributed by atoms with E-state index in [1.165, 1.54) is 12.8 Å². The molecule has 17 heavy (non-hydrogen) atoms. The number of rotatable bonds is 3. The van der Waals surface area contributed by atoms with Crippen LogP contribution in [0.1, 0.15) is 38.5 Å². The van der Waals surface area contributed by atoms with E-state index in [9.17, 15) is 4.79 Å². The van der Waals surface area contributed by atoms with Crippen LogP contribution in [-0.2, 0) is 9.53 Å². The zero-order valence-electron chi connectivity index (χ0n) is 10.8. The van der Waals surface area contributed by atoms with Gasteiger partial charge in [0.05, 0.1) is 12.5 Å². The second-order valence-electron chi connectivity index (χ2n) is 5.16. The Bertz CT molecular complexity index is 252. The summed E-state index contributed by atoms with van der Waals surface area (Å²) < 4.78 is 5.63. The van der Waals surface area contributed by atoms with E-state index in [0.717, 1.165) is 39.0 Å². The summed E-state index contributed by atoms with van der Waals surface area (Å²) in [4.78, 5) is 14.1. The van der Waals surface area contributed by atoms with E-state index in [1.54, 1.807) is 0 Å². The summed E-state index contributed by atoms with van der Waals surface area (Å²) in [6.07, 6.45) is 6.45. The van der Waals surface area contributed by atoms with Gasteiger partial charge >= 0.3 is 0 Å². The summed E-state index contributed by atoms with van der Waals surface area (Å²) in [6, 6.07) is 0.472. The van der Waals surface area contributed by atoms with Gasteiger partial charge in [-0.05, 0) is 39.2 Å². The number of nitrogens with one attached hydrogen (secondary N) is 1. The van der Waals surface area contributed by atoms with Crippen molar-refractivity contribution in [3.8, 4) is 0 Å². The van der Waals surface area contributed by atoms with Gasteiger partial charge in [-0.2, -0.15) is 0 Å². The van der Waals surface area contributed by atoms with Gasteiger partial charge in [-0.15, -0.1) is 0 Å². The third kappa shape index (κ3) is 3.68. The lowest BCUT2D eigenvalue weighted by Crippen LogP contribution is -2.47. The highest BCUT2D eigenvalue weighted by Gasteiger charge is 2.25. The molecule has 0 bridgehead atoms. The van der Waals surface area contributed by atoms with Crippen molar-refractivity contribution >= 4 is 5.91 Å². The fourth-order valence-electron chi connectivity index (χ4n) is 2.73. The lowest BCUT2D eigenvalue weighted by molar-refractivity contribution is -0.136. The van der Waals surface area contributed by atoms with Crippen LogP contribution >= 0.6 is 0 Å². The first-order valence-corrected chi connectivity index (χ1v) is 6.86. The second-order valence-corrected chi connectivity index (χ2v) is 5.16. The molecule has 0 radical (unpaired) electrons. The van der Waals surface area contributed by atoms with Crippen LogP contribution in [0.2, 0.25) is 0 Å². The second kappa shape index (κ2) is 6.36. The monoisotopic (exact) mass is 240 g/mol. The molecule has 2 heterocycles. The maximum Gasteiger partial charge on any atom is 0.225 e. The van der Waals surface area contributed by atoms with Crippen LogP contribution in [0.3, 0.4) is 0 Å². The number of amides is 1. The van der Waals surface area contributed by atoms with Gasteiger partial charge in [-0.25, -0.2) is 0 Å². The molecule has 0 aromatic carbocycles. The highest BCUT2D eigenvalue weighted by Crippen LogP contribution is 2.18. The molecule has 2 aliphatic heterocycles. The van der Waals surface area contributed by atoms with Crippen LogP contribution in [0.25, 0.3) is 0 Å². The lowest BCUT2D eigenvalue weighted by atomic mass is 10.0. The van der Waals surface area contributed by atoms with E-state index >= 15 is 0 Å². The van der Waals surface area contributed by atoms with Crippen molar-refractivity contribution < 1.29 is 9.53 Å². The van der Waals surface area contributed by atoms with E-state index in [2.05, 4.69) is 5.32 Å². The first kappa shape index (κ1) is 12.8. The van der Waals surface area contributed by atoms with E-state index in [0.29, 0.717) is 12.5 Å². The van der Waals surface area contributed by atoms with Crippen molar-refractivity contribution in [1.29, 1.82) is 0 Å². The minimum Gasteiger partial charge on any atom is -0.378 e. The van der Waals surface area contributed by atoms with Crippen LogP contribution in [0.15, 0.2) is 0 Å². The zero-order valence-corrected chi connectivity index (χ0v) is 10.8. The summed E-state index contributed by atoms with van der Waals surface area (Å²) >= 11 is 0. The van der Waals surface area contributed by atoms with E-state index in [4.69, 9.17) is 4.74 Å². The third-order valence-electron chi connectivity index (χ3n) is 3.86. The van der Waals surface area contributed by atoms with Gasteiger partial charge < -0.3 is 15.0 Å². The normalized spacial score (nSPS) is 30.3. The Morgan fingerprint density at radius 3 is 2.94 bits per heavy atom. The Morgan fingerprint density at radius 2 is 2.24 bits per heavy atom. The largest absolute Gasteiger partial charge is 0.378 e. The predicted molar refractivity (Wildman–Crippen MR) is 66.9 cm³/mol. The van der Waals surface area contributed by atoms with Crippen molar-refractivity contribution in [2.45, 2.75) is 50.7 Å². The average molecular weight is 240 g/mol. The molecule has 2 unspecified atom stereocenters. The Morgan fingerprint density at radius 1 is 1.35 bits per heavy atom. The molecule has 0 aromatic rings. The van der Waals surface area contributed by atoms with Crippen molar-refractivity contribution in [2.75, 3.05) is 26.7 Å². The number of nitrogens with zero attached hydrogens (tertiary/aromatic N) is 1. The van der Waals surface area contributed by atoms with Gasteiger partial charge in [-0.1, -0.05) is 0 Å². The number of carbonyl (C=O) groups excluding carboxylic acids is 1. The molecule has 2 saturated heterocycles. The Balaban J connectivity index is 1.78. The van der Waals surface area contributed by atoms with Gasteiger partial charge in [0.25, 0.3) is 0 Å². The smallest absolute Gasteiger partial charge is 0.225 e. The van der Waals surface area contributed by atoms with Crippen molar-refractivity contribution in [2.24, 2.45) is 0 Å². The molecule has 0 aromatic heterocycles. The lowest BCUT2D eigenvalue weighted by Gasteiger charge is -2.34. The van der Waals surface area contributed by atoms with Crippen molar-refractivity contribution in [3.63, 3.8) is 0 Å². The highest BCUT2D eigenvalue weighted by atomic mass is 16.5. The minimum atomic E-state index is 0.172. The maximum absolute atomic E-state index is 12.1. The summed E-state index contributed by atoms with van der Waals surface area (Å²) in [6.45, 7) is 2.61. The third-order valence-corrected chi connectivity index (χ3v) is 3.86. The van der Waals surface area contributed by atoms with Gasteiger partial charge in [0.1, 0.15) is 0 Å². The zero-order chi connectivity index (χ0) is 12.1. The van der Waals surface area contributed by atoms with E-state index in [1.807, 2.05) is 11.9 Å². The molecular formula is C13H24N2O2.